The number of benzene rings is 9. The third-order valence-corrected chi connectivity index (χ3v) is 26.1. The van der Waals surface area contributed by atoms with Gasteiger partial charge in [-0.25, -0.2) is 0 Å². The lowest BCUT2D eigenvalue weighted by molar-refractivity contribution is -0.152. The molecule has 0 spiro atoms. The number of ether oxygens (including phenoxy) is 3. The molecule has 456 valence electrons. The molecule has 0 radical (unpaired) electrons. The van der Waals surface area contributed by atoms with Crippen molar-refractivity contribution in [3.8, 4) is 0 Å². The summed E-state index contributed by atoms with van der Waals surface area (Å²) in [6.45, 7) is 14.7. The van der Waals surface area contributed by atoms with Crippen LogP contribution in [0, 0.1) is 80.1 Å². The third-order valence-electron chi connectivity index (χ3n) is 17.5. The molecule has 0 heterocycles. The van der Waals surface area contributed by atoms with Crippen molar-refractivity contribution in [2.45, 2.75) is 82.1 Å². The van der Waals surface area contributed by atoms with Crippen LogP contribution in [0.25, 0.3) is 0 Å². The first-order valence-electron chi connectivity index (χ1n) is 29.6. The Morgan fingerprint density at radius 1 is 0.289 bits per heavy atom. The highest BCUT2D eigenvalue weighted by molar-refractivity contribution is 7.94. The van der Waals surface area contributed by atoms with Gasteiger partial charge in [0.1, 0.15) is 19.8 Å². The summed E-state index contributed by atoms with van der Waals surface area (Å²) in [5.74, 6) is -7.00. The van der Waals surface area contributed by atoms with E-state index in [0.29, 0.717) is 98.6 Å². The molecule has 1 aliphatic carbocycles. The Morgan fingerprint density at radius 3 is 0.644 bits per heavy atom. The van der Waals surface area contributed by atoms with Crippen molar-refractivity contribution in [3.05, 3.63) is 284 Å². The molecule has 90 heavy (non-hydrogen) atoms. The van der Waals surface area contributed by atoms with Crippen molar-refractivity contribution in [1.82, 2.24) is 0 Å². The zero-order valence-corrected chi connectivity index (χ0v) is 54.3. The van der Waals surface area contributed by atoms with Crippen LogP contribution in [0.4, 0.5) is 0 Å². The highest BCUT2D eigenvalue weighted by atomic mass is 31.2. The van der Waals surface area contributed by atoms with E-state index in [1.807, 2.05) is 0 Å². The standard InChI is InChI=1S/C75H69O12P3/c1-46-40-49(4)64(73(79)88(82,55-28-16-10-17-29-55)56-30-18-11-19-31-56)52(7)61(46)43-85-70(76)67-68(71(77)86-44-62-47(2)41-50(5)65(53(62)8)74(80)89(83,57-32-20-12-21-33-57)58-34-22-13-23-35-58)69(67)72(78)87-45-63-48(3)42-51(6)66(54(63)9)75(81)90(84,59-36-24-14-25-37-59)60-38-26-15-27-39-60/h10-42,67-69H,43-45H2,1-9H3. The molecule has 15 heteroatoms. The van der Waals surface area contributed by atoms with Gasteiger partial charge in [0.05, 0.1) is 17.8 Å². The van der Waals surface area contributed by atoms with E-state index in [1.165, 1.54) is 0 Å². The second kappa shape index (κ2) is 26.3. The Morgan fingerprint density at radius 2 is 0.467 bits per heavy atom. The minimum Gasteiger partial charge on any atom is -0.461 e. The predicted octanol–water partition coefficient (Wildman–Crippen LogP) is 13.3. The molecule has 0 unspecified atom stereocenters. The Kier molecular flexibility index (Phi) is 18.7. The van der Waals surface area contributed by atoms with Crippen LogP contribution in [-0.4, -0.2) is 34.5 Å². The number of hydrogen-bond acceptors (Lipinski definition) is 12. The fourth-order valence-corrected chi connectivity index (χ4v) is 20.5. The zero-order chi connectivity index (χ0) is 64.4. The summed E-state index contributed by atoms with van der Waals surface area (Å²) in [6, 6.07) is 56.8. The van der Waals surface area contributed by atoms with Crippen molar-refractivity contribution >= 4 is 87.7 Å². The minimum absolute atomic E-state index is 0.209. The van der Waals surface area contributed by atoms with E-state index < -0.39 is 73.7 Å². The molecule has 0 aromatic heterocycles. The monoisotopic (exact) mass is 1250 g/mol. The van der Waals surface area contributed by atoms with Crippen molar-refractivity contribution in [1.29, 1.82) is 0 Å². The number of rotatable bonds is 21. The summed E-state index contributed by atoms with van der Waals surface area (Å²) >= 11 is 0. The molecular weight excluding hydrogens is 1190 g/mol. The van der Waals surface area contributed by atoms with Crippen LogP contribution in [0.15, 0.2) is 200 Å². The van der Waals surface area contributed by atoms with Gasteiger partial charge in [0.15, 0.2) is 0 Å². The molecule has 0 amide bonds. The van der Waals surface area contributed by atoms with Gasteiger partial charge >= 0.3 is 17.9 Å². The predicted molar refractivity (Wildman–Crippen MR) is 354 cm³/mol. The average Bonchev–Trinajstić information content (AvgIpc) is 1.31. The highest BCUT2D eigenvalue weighted by Gasteiger charge is 2.66. The molecule has 0 N–H and O–H groups in total. The van der Waals surface area contributed by atoms with Gasteiger partial charge in [-0.1, -0.05) is 200 Å². The summed E-state index contributed by atoms with van der Waals surface area (Å²) in [4.78, 5) is 89.1. The molecule has 9 aromatic carbocycles. The van der Waals surface area contributed by atoms with Gasteiger partial charge in [0.25, 0.3) is 0 Å². The zero-order valence-electron chi connectivity index (χ0n) is 51.6. The number of aryl methyl sites for hydroxylation is 6. The SMILES string of the molecule is Cc1cc(C)c(C(=O)P(=O)(c2ccccc2)c2ccccc2)c(C)c1COC(=O)C1C(C(=O)OCc2c(C)cc(C)c(C(=O)P(=O)(c3ccccc3)c3ccccc3)c2C)C1C(=O)OCc1c(C)cc(C)c(C(=O)P(=O)(c2ccccc2)c2ccccc2)c1C. The van der Waals surface area contributed by atoms with Gasteiger partial charge in [0, 0.05) is 48.5 Å². The molecule has 1 saturated carbocycles. The lowest BCUT2D eigenvalue weighted by atomic mass is 9.94. The first-order chi connectivity index (χ1) is 43.1. The van der Waals surface area contributed by atoms with Gasteiger partial charge in [0.2, 0.25) is 38.0 Å². The molecule has 9 aromatic rings. The van der Waals surface area contributed by atoms with E-state index in [2.05, 4.69) is 0 Å². The largest absolute Gasteiger partial charge is 0.461 e. The summed E-state index contributed by atoms with van der Waals surface area (Å²) in [6.07, 6.45) is 0. The summed E-state index contributed by atoms with van der Waals surface area (Å²) in [5.41, 5.74) is 5.27. The van der Waals surface area contributed by atoms with Crippen LogP contribution in [0.5, 0.6) is 0 Å². The summed E-state index contributed by atoms with van der Waals surface area (Å²) in [7, 11) is -11.9. The Bertz CT molecular complexity index is 3860. The van der Waals surface area contributed by atoms with E-state index in [9.17, 15) is 14.4 Å². The quantitative estimate of drug-likeness (QED) is 0.0378. The second-order valence-corrected chi connectivity index (χ2v) is 31.1. The second-order valence-electron chi connectivity index (χ2n) is 23.1. The topological polar surface area (TPSA) is 181 Å². The van der Waals surface area contributed by atoms with Crippen LogP contribution in [0.3, 0.4) is 0 Å². The summed E-state index contributed by atoms with van der Waals surface area (Å²) in [5, 5.41) is 2.14. The normalized spacial score (nSPS) is 14.7. The number of esters is 3. The first kappa shape index (κ1) is 64.1. The van der Waals surface area contributed by atoms with Crippen molar-refractivity contribution in [2.24, 2.45) is 17.8 Å². The maximum atomic E-state index is 15.4. The van der Waals surface area contributed by atoms with E-state index in [4.69, 9.17) is 14.2 Å². The van der Waals surface area contributed by atoms with Crippen LogP contribution >= 0.6 is 21.4 Å². The maximum Gasteiger partial charge on any atom is 0.311 e. The minimum atomic E-state index is -3.97. The van der Waals surface area contributed by atoms with Crippen LogP contribution in [0.2, 0.25) is 0 Å². The van der Waals surface area contributed by atoms with Gasteiger partial charge < -0.3 is 27.9 Å². The fourth-order valence-electron chi connectivity index (χ4n) is 12.7. The van der Waals surface area contributed by atoms with Crippen molar-refractivity contribution in [2.75, 3.05) is 0 Å². The molecular formula is C75H69O12P3. The molecule has 1 aliphatic rings. The first-order valence-corrected chi connectivity index (χ1v) is 34.8. The van der Waals surface area contributed by atoms with E-state index >= 15 is 28.1 Å². The Balaban J connectivity index is 0.963. The number of carbonyl (C=O) groups is 6. The number of hydrogen-bond donors (Lipinski definition) is 0. The van der Waals surface area contributed by atoms with Gasteiger partial charge in [-0.3, -0.25) is 28.8 Å². The van der Waals surface area contributed by atoms with Gasteiger partial charge in [-0.2, -0.15) is 0 Å². The fraction of sp³-hybridized carbons (Fsp3) is 0.200. The number of carbonyl (C=O) groups excluding carboxylic acids is 6. The van der Waals surface area contributed by atoms with Gasteiger partial charge in [-0.15, -0.1) is 0 Å². The molecule has 0 atom stereocenters. The smallest absolute Gasteiger partial charge is 0.311 e. The highest BCUT2D eigenvalue weighted by Crippen LogP contribution is 2.53. The molecule has 0 aliphatic heterocycles. The molecule has 10 rings (SSSR count). The van der Waals surface area contributed by atoms with Crippen LogP contribution in [-0.2, 0) is 62.1 Å². The lowest BCUT2D eigenvalue weighted by Gasteiger charge is -2.22. The average molecular weight is 1260 g/mol. The summed E-state index contributed by atoms with van der Waals surface area (Å²) < 4.78 is 64.3. The lowest BCUT2D eigenvalue weighted by Crippen LogP contribution is -2.24. The third kappa shape index (κ3) is 11.8. The van der Waals surface area contributed by atoms with Crippen LogP contribution in [0.1, 0.15) is 97.8 Å². The van der Waals surface area contributed by atoms with Gasteiger partial charge in [-0.05, 0) is 129 Å². The molecule has 0 bridgehead atoms. The maximum absolute atomic E-state index is 15.4. The van der Waals surface area contributed by atoms with E-state index in [-0.39, 0.29) is 36.5 Å². The van der Waals surface area contributed by atoms with E-state index in [0.717, 1.165) is 0 Å². The van der Waals surface area contributed by atoms with E-state index in [1.54, 1.807) is 263 Å². The van der Waals surface area contributed by atoms with Crippen LogP contribution < -0.4 is 31.8 Å². The molecule has 12 nitrogen and oxygen atoms in total. The van der Waals surface area contributed by atoms with Crippen molar-refractivity contribution in [3.63, 3.8) is 0 Å². The van der Waals surface area contributed by atoms with Crippen molar-refractivity contribution < 1.29 is 56.7 Å². The molecule has 0 saturated heterocycles. The molecule has 1 fully saturated rings. The Labute approximate surface area is 525 Å². The Hall–Kier alpha value is -8.91.